The zero-order valence-electron chi connectivity index (χ0n) is 11.6. The monoisotopic (exact) mass is 300 g/mol. The Morgan fingerprint density at radius 2 is 2.10 bits per heavy atom. The quantitative estimate of drug-likeness (QED) is 0.890. The Morgan fingerprint density at radius 1 is 1.33 bits per heavy atom. The van der Waals surface area contributed by atoms with Gasteiger partial charge in [-0.25, -0.2) is 9.07 Å². The Morgan fingerprint density at radius 3 is 2.71 bits per heavy atom. The molecule has 0 aliphatic carbocycles. The molecule has 1 heterocycles. The standard InChI is InChI=1S/C13H15F3N4O/c1-8(2)20-7-12(18-19-20)17-6-9-5-10(14)3-4-11(9)21-13(15)16/h3-5,7-8,13,17H,6H2,1-2H3. The molecule has 0 fully saturated rings. The summed E-state index contributed by atoms with van der Waals surface area (Å²) in [6.45, 7) is 1.02. The molecule has 0 bridgehead atoms. The molecule has 114 valence electrons. The molecule has 8 heteroatoms. The van der Waals surface area contributed by atoms with Gasteiger partial charge in [0.05, 0.1) is 6.20 Å². The minimum atomic E-state index is -2.96. The number of ether oxygens (including phenoxy) is 1. The first-order valence-corrected chi connectivity index (χ1v) is 6.34. The highest BCUT2D eigenvalue weighted by Gasteiger charge is 2.11. The van der Waals surface area contributed by atoms with Gasteiger partial charge in [0.25, 0.3) is 0 Å². The van der Waals surface area contributed by atoms with Gasteiger partial charge >= 0.3 is 6.61 Å². The zero-order chi connectivity index (χ0) is 15.4. The van der Waals surface area contributed by atoms with Crippen molar-refractivity contribution >= 4 is 5.82 Å². The van der Waals surface area contributed by atoms with E-state index in [4.69, 9.17) is 0 Å². The molecule has 1 aromatic heterocycles. The number of benzene rings is 1. The number of nitrogens with one attached hydrogen (secondary N) is 1. The molecule has 0 aliphatic rings. The molecule has 0 atom stereocenters. The molecular weight excluding hydrogens is 285 g/mol. The summed E-state index contributed by atoms with van der Waals surface area (Å²) in [5, 5.41) is 10.7. The van der Waals surface area contributed by atoms with Crippen molar-refractivity contribution in [2.24, 2.45) is 0 Å². The predicted molar refractivity (Wildman–Crippen MR) is 70.8 cm³/mol. The number of alkyl halides is 2. The normalized spacial score (nSPS) is 11.2. The fourth-order valence-corrected chi connectivity index (χ4v) is 1.69. The Bertz CT molecular complexity index is 601. The molecule has 2 rings (SSSR count). The van der Waals surface area contributed by atoms with Gasteiger partial charge < -0.3 is 10.1 Å². The van der Waals surface area contributed by atoms with Crippen molar-refractivity contribution in [2.45, 2.75) is 33.0 Å². The lowest BCUT2D eigenvalue weighted by molar-refractivity contribution is -0.0504. The van der Waals surface area contributed by atoms with Crippen molar-refractivity contribution in [3.63, 3.8) is 0 Å². The predicted octanol–water partition coefficient (Wildman–Crippen LogP) is 3.21. The average Bonchev–Trinajstić information content (AvgIpc) is 2.87. The van der Waals surface area contributed by atoms with Gasteiger partial charge in [-0.1, -0.05) is 5.21 Å². The summed E-state index contributed by atoms with van der Waals surface area (Å²) in [5.74, 6) is -0.134. The third-order valence-electron chi connectivity index (χ3n) is 2.74. The Balaban J connectivity index is 2.09. The maximum Gasteiger partial charge on any atom is 0.387 e. The topological polar surface area (TPSA) is 52.0 Å². The van der Waals surface area contributed by atoms with E-state index in [0.717, 1.165) is 12.1 Å². The lowest BCUT2D eigenvalue weighted by Crippen LogP contribution is -2.08. The molecule has 0 saturated carbocycles. The molecule has 0 unspecified atom stereocenters. The summed E-state index contributed by atoms with van der Waals surface area (Å²) in [6, 6.07) is 3.53. The van der Waals surface area contributed by atoms with E-state index in [1.807, 2.05) is 13.8 Å². The van der Waals surface area contributed by atoms with Crippen LogP contribution >= 0.6 is 0 Å². The van der Waals surface area contributed by atoms with Crippen LogP contribution in [-0.4, -0.2) is 21.6 Å². The summed E-state index contributed by atoms with van der Waals surface area (Å²) in [6.07, 6.45) is 1.68. The van der Waals surface area contributed by atoms with Gasteiger partial charge in [0.15, 0.2) is 5.82 Å². The highest BCUT2D eigenvalue weighted by Crippen LogP contribution is 2.22. The minimum absolute atomic E-state index is 0.0739. The fraction of sp³-hybridized carbons (Fsp3) is 0.385. The maximum absolute atomic E-state index is 13.2. The summed E-state index contributed by atoms with van der Waals surface area (Å²) in [5.41, 5.74) is 0.273. The zero-order valence-corrected chi connectivity index (χ0v) is 11.6. The second-order valence-corrected chi connectivity index (χ2v) is 4.66. The van der Waals surface area contributed by atoms with Gasteiger partial charge in [0.1, 0.15) is 11.6 Å². The van der Waals surface area contributed by atoms with Crippen LogP contribution in [-0.2, 0) is 6.54 Å². The second-order valence-electron chi connectivity index (χ2n) is 4.66. The van der Waals surface area contributed by atoms with Crippen LogP contribution in [0.5, 0.6) is 5.75 Å². The number of nitrogens with zero attached hydrogens (tertiary/aromatic N) is 3. The Hall–Kier alpha value is -2.25. The average molecular weight is 300 g/mol. The van der Waals surface area contributed by atoms with Crippen molar-refractivity contribution in [1.29, 1.82) is 0 Å². The van der Waals surface area contributed by atoms with E-state index in [0.29, 0.717) is 5.82 Å². The molecule has 1 N–H and O–H groups in total. The molecule has 0 amide bonds. The van der Waals surface area contributed by atoms with Gasteiger partial charge in [-0.15, -0.1) is 5.10 Å². The third kappa shape index (κ3) is 4.11. The van der Waals surface area contributed by atoms with E-state index in [-0.39, 0.29) is 23.9 Å². The molecule has 21 heavy (non-hydrogen) atoms. The van der Waals surface area contributed by atoms with Crippen molar-refractivity contribution in [2.75, 3.05) is 5.32 Å². The lowest BCUT2D eigenvalue weighted by atomic mass is 10.2. The number of hydrogen-bond acceptors (Lipinski definition) is 4. The van der Waals surface area contributed by atoms with Crippen LogP contribution < -0.4 is 10.1 Å². The fourth-order valence-electron chi connectivity index (χ4n) is 1.69. The molecule has 0 radical (unpaired) electrons. The summed E-state index contributed by atoms with van der Waals surface area (Å²) in [4.78, 5) is 0. The Kier molecular flexibility index (Phi) is 4.66. The number of halogens is 3. The first-order valence-electron chi connectivity index (χ1n) is 6.34. The highest BCUT2D eigenvalue weighted by atomic mass is 19.3. The number of rotatable bonds is 6. The molecule has 0 saturated heterocycles. The van der Waals surface area contributed by atoms with Crippen LogP contribution in [0, 0.1) is 5.82 Å². The molecule has 5 nitrogen and oxygen atoms in total. The van der Waals surface area contributed by atoms with Crippen LogP contribution in [0.25, 0.3) is 0 Å². The maximum atomic E-state index is 13.2. The van der Waals surface area contributed by atoms with E-state index in [1.54, 1.807) is 10.9 Å². The highest BCUT2D eigenvalue weighted by molar-refractivity contribution is 5.38. The first-order chi connectivity index (χ1) is 9.95. The summed E-state index contributed by atoms with van der Waals surface area (Å²) < 4.78 is 43.8. The number of hydrogen-bond donors (Lipinski definition) is 1. The van der Waals surface area contributed by atoms with E-state index in [2.05, 4.69) is 20.4 Å². The first kappa shape index (κ1) is 15.1. The third-order valence-corrected chi connectivity index (χ3v) is 2.74. The van der Waals surface area contributed by atoms with Crippen LogP contribution in [0.1, 0.15) is 25.5 Å². The van der Waals surface area contributed by atoms with Gasteiger partial charge in [-0.2, -0.15) is 8.78 Å². The smallest absolute Gasteiger partial charge is 0.387 e. The second kappa shape index (κ2) is 6.47. The van der Waals surface area contributed by atoms with Gasteiger partial charge in [0, 0.05) is 18.2 Å². The van der Waals surface area contributed by atoms with Crippen molar-refractivity contribution < 1.29 is 17.9 Å². The number of aromatic nitrogens is 3. The van der Waals surface area contributed by atoms with Crippen molar-refractivity contribution in [1.82, 2.24) is 15.0 Å². The summed E-state index contributed by atoms with van der Waals surface area (Å²) in [7, 11) is 0. The molecule has 1 aromatic carbocycles. The van der Waals surface area contributed by atoms with Crippen molar-refractivity contribution in [3.05, 3.63) is 35.8 Å². The van der Waals surface area contributed by atoms with Crippen LogP contribution in [0.2, 0.25) is 0 Å². The largest absolute Gasteiger partial charge is 0.434 e. The van der Waals surface area contributed by atoms with Crippen LogP contribution in [0.3, 0.4) is 0 Å². The lowest BCUT2D eigenvalue weighted by Gasteiger charge is -2.11. The van der Waals surface area contributed by atoms with E-state index in [9.17, 15) is 13.2 Å². The van der Waals surface area contributed by atoms with Crippen LogP contribution in [0.4, 0.5) is 19.0 Å². The molecule has 0 aliphatic heterocycles. The van der Waals surface area contributed by atoms with E-state index < -0.39 is 12.4 Å². The minimum Gasteiger partial charge on any atom is -0.434 e. The molecular formula is C13H15F3N4O. The van der Waals surface area contributed by atoms with Gasteiger partial charge in [0.2, 0.25) is 0 Å². The van der Waals surface area contributed by atoms with Gasteiger partial charge in [-0.05, 0) is 32.0 Å². The molecule has 2 aromatic rings. The van der Waals surface area contributed by atoms with Gasteiger partial charge in [-0.3, -0.25) is 0 Å². The molecule has 0 spiro atoms. The SMILES string of the molecule is CC(C)n1cc(NCc2cc(F)ccc2OC(F)F)nn1. The number of anilines is 1. The van der Waals surface area contributed by atoms with E-state index >= 15 is 0 Å². The Labute approximate surface area is 119 Å². The van der Waals surface area contributed by atoms with Crippen LogP contribution in [0.15, 0.2) is 24.4 Å². The van der Waals surface area contributed by atoms with E-state index in [1.165, 1.54) is 6.07 Å². The van der Waals surface area contributed by atoms with Crippen molar-refractivity contribution in [3.8, 4) is 5.75 Å². The summed E-state index contributed by atoms with van der Waals surface area (Å²) >= 11 is 0.